The van der Waals surface area contributed by atoms with Gasteiger partial charge >= 0.3 is 0 Å². The first-order chi connectivity index (χ1) is 5.80. The second-order valence-electron chi connectivity index (χ2n) is 2.77. The molecule has 1 saturated heterocycles. The zero-order chi connectivity index (χ0) is 8.81. The monoisotopic (exact) mass is 193 g/mol. The van der Waals surface area contributed by atoms with Gasteiger partial charge in [-0.25, -0.2) is 4.67 Å². The summed E-state index contributed by atoms with van der Waals surface area (Å²) < 4.78 is 12.4. The lowest BCUT2D eigenvalue weighted by Gasteiger charge is -2.16. The second kappa shape index (κ2) is 5.67. The summed E-state index contributed by atoms with van der Waals surface area (Å²) in [5, 5.41) is 6.35. The minimum atomic E-state index is -2.49. The minimum absolute atomic E-state index is 0.663. The molecule has 5 nitrogen and oxygen atoms in total. The van der Waals surface area contributed by atoms with Gasteiger partial charge in [0, 0.05) is 39.3 Å². The first-order valence-electron chi connectivity index (χ1n) is 4.20. The highest BCUT2D eigenvalue weighted by atomic mass is 31.1. The van der Waals surface area contributed by atoms with Gasteiger partial charge in [-0.05, 0) is 0 Å². The van der Waals surface area contributed by atoms with E-state index in [1.165, 1.54) is 0 Å². The molecule has 1 fully saturated rings. The molecule has 6 heteroatoms. The van der Waals surface area contributed by atoms with Crippen molar-refractivity contribution < 1.29 is 9.46 Å². The summed E-state index contributed by atoms with van der Waals surface area (Å²) in [6.45, 7) is 4.77. The van der Waals surface area contributed by atoms with Crippen LogP contribution in [0.2, 0.25) is 0 Å². The third kappa shape index (κ3) is 3.65. The van der Waals surface area contributed by atoms with E-state index in [1.54, 1.807) is 4.67 Å². The van der Waals surface area contributed by atoms with Crippen molar-refractivity contribution in [1.82, 2.24) is 15.3 Å². The van der Waals surface area contributed by atoms with Gasteiger partial charge in [0.2, 0.25) is 0 Å². The van der Waals surface area contributed by atoms with Crippen LogP contribution in [-0.4, -0.2) is 48.8 Å². The fourth-order valence-corrected chi connectivity index (χ4v) is 1.76. The predicted octanol–water partition coefficient (Wildman–Crippen LogP) is -1.14. The number of rotatable bonds is 1. The van der Waals surface area contributed by atoms with Gasteiger partial charge in [-0.1, -0.05) is 0 Å². The van der Waals surface area contributed by atoms with E-state index in [0.717, 1.165) is 26.2 Å². The Balaban J connectivity index is 2.33. The minimum Gasteiger partial charge on any atom is -0.335 e. The van der Waals surface area contributed by atoms with E-state index >= 15 is 0 Å². The maximum absolute atomic E-state index is 10.8. The van der Waals surface area contributed by atoms with Crippen molar-refractivity contribution in [3.63, 3.8) is 0 Å². The fraction of sp³-hybridized carbons (Fsp3) is 1.00. The Hall–Kier alpha value is 0.0700. The summed E-state index contributed by atoms with van der Waals surface area (Å²) in [7, 11) is -2.49. The van der Waals surface area contributed by atoms with Crippen LogP contribution in [0.3, 0.4) is 0 Å². The van der Waals surface area contributed by atoms with Crippen LogP contribution in [0.25, 0.3) is 0 Å². The first-order valence-corrected chi connectivity index (χ1v) is 5.50. The highest BCUT2D eigenvalue weighted by molar-refractivity contribution is 7.35. The van der Waals surface area contributed by atoms with Crippen molar-refractivity contribution >= 4 is 8.18 Å². The van der Waals surface area contributed by atoms with Gasteiger partial charge < -0.3 is 15.5 Å². The molecule has 1 aliphatic rings. The normalized spacial score (nSPS) is 25.4. The van der Waals surface area contributed by atoms with Crippen molar-refractivity contribution in [2.45, 2.75) is 0 Å². The van der Waals surface area contributed by atoms with Crippen LogP contribution < -0.4 is 10.6 Å². The van der Waals surface area contributed by atoms with Gasteiger partial charge in [-0.15, -0.1) is 0 Å². The molecule has 1 aliphatic heterocycles. The molecule has 0 radical (unpaired) electrons. The molecule has 0 aliphatic carbocycles. The quantitative estimate of drug-likeness (QED) is 0.460. The molecule has 0 amide bonds. The van der Waals surface area contributed by atoms with Crippen LogP contribution in [0.1, 0.15) is 0 Å². The molecule has 0 bridgehead atoms. The van der Waals surface area contributed by atoms with Gasteiger partial charge in [-0.2, -0.15) is 0 Å². The maximum atomic E-state index is 10.8. The zero-order valence-electron chi connectivity index (χ0n) is 7.05. The Labute approximate surface area is 73.1 Å². The molecular weight excluding hydrogens is 177 g/mol. The lowest BCUT2D eigenvalue weighted by atomic mass is 10.5. The summed E-state index contributed by atoms with van der Waals surface area (Å²) in [4.78, 5) is 8.90. The second-order valence-corrected chi connectivity index (χ2v) is 3.97. The third-order valence-electron chi connectivity index (χ3n) is 1.87. The van der Waals surface area contributed by atoms with E-state index < -0.39 is 8.18 Å². The Bertz CT molecular complexity index is 146. The molecule has 12 heavy (non-hydrogen) atoms. The molecule has 1 heterocycles. The topological polar surface area (TPSA) is 64.6 Å². The fourth-order valence-electron chi connectivity index (χ4n) is 1.16. The summed E-state index contributed by atoms with van der Waals surface area (Å²) in [5.41, 5.74) is 0. The molecule has 1 unspecified atom stereocenters. The SMILES string of the molecule is O=[PH](O)N1CCNCCNCC1. The van der Waals surface area contributed by atoms with E-state index in [9.17, 15) is 4.57 Å². The number of hydrogen-bond acceptors (Lipinski definition) is 3. The summed E-state index contributed by atoms with van der Waals surface area (Å²) in [6.07, 6.45) is 0. The van der Waals surface area contributed by atoms with Crippen LogP contribution in [-0.2, 0) is 4.57 Å². The van der Waals surface area contributed by atoms with Gasteiger partial charge in [0.25, 0.3) is 8.18 Å². The van der Waals surface area contributed by atoms with Gasteiger partial charge in [0.1, 0.15) is 0 Å². The van der Waals surface area contributed by atoms with Crippen molar-refractivity contribution in [2.24, 2.45) is 0 Å². The molecule has 1 rings (SSSR count). The standard InChI is InChI=1S/C6H16N3O2P/c10-12(11)9-5-3-7-1-2-8-4-6-9/h7-8,12H,1-6H2,(H,10,11). The molecule has 0 saturated carbocycles. The largest absolute Gasteiger partial charge is 0.335 e. The predicted molar refractivity (Wildman–Crippen MR) is 48.5 cm³/mol. The molecule has 72 valence electrons. The Morgan fingerprint density at radius 1 is 1.08 bits per heavy atom. The molecule has 1 atom stereocenters. The van der Waals surface area contributed by atoms with Crippen molar-refractivity contribution in [3.05, 3.63) is 0 Å². The van der Waals surface area contributed by atoms with Crippen LogP contribution in [0.15, 0.2) is 0 Å². The van der Waals surface area contributed by atoms with E-state index in [0.29, 0.717) is 13.1 Å². The van der Waals surface area contributed by atoms with Crippen molar-refractivity contribution in [2.75, 3.05) is 39.3 Å². The molecular formula is C6H16N3O2P. The van der Waals surface area contributed by atoms with Crippen molar-refractivity contribution in [3.8, 4) is 0 Å². The summed E-state index contributed by atoms with van der Waals surface area (Å²) >= 11 is 0. The third-order valence-corrected chi connectivity index (χ3v) is 2.85. The van der Waals surface area contributed by atoms with E-state index in [1.807, 2.05) is 0 Å². The number of nitrogens with zero attached hydrogens (tertiary/aromatic N) is 1. The lowest BCUT2D eigenvalue weighted by molar-refractivity contribution is 0.370. The highest BCUT2D eigenvalue weighted by Crippen LogP contribution is 2.19. The summed E-state index contributed by atoms with van der Waals surface area (Å²) in [5.74, 6) is 0. The lowest BCUT2D eigenvalue weighted by Crippen LogP contribution is -2.28. The Kier molecular flexibility index (Phi) is 4.80. The van der Waals surface area contributed by atoms with Gasteiger partial charge in [-0.3, -0.25) is 4.57 Å². The van der Waals surface area contributed by atoms with Crippen LogP contribution in [0.5, 0.6) is 0 Å². The van der Waals surface area contributed by atoms with Crippen molar-refractivity contribution in [1.29, 1.82) is 0 Å². The molecule has 3 N–H and O–H groups in total. The molecule has 0 aromatic carbocycles. The number of hydrogen-bond donors (Lipinski definition) is 3. The Morgan fingerprint density at radius 3 is 2.00 bits per heavy atom. The zero-order valence-corrected chi connectivity index (χ0v) is 8.05. The average molecular weight is 193 g/mol. The molecule has 0 spiro atoms. The highest BCUT2D eigenvalue weighted by Gasteiger charge is 2.09. The first kappa shape index (κ1) is 10.2. The van der Waals surface area contributed by atoms with Crippen LogP contribution in [0.4, 0.5) is 0 Å². The van der Waals surface area contributed by atoms with E-state index in [-0.39, 0.29) is 0 Å². The maximum Gasteiger partial charge on any atom is 0.258 e. The van der Waals surface area contributed by atoms with E-state index in [4.69, 9.17) is 4.89 Å². The molecule has 0 aromatic rings. The van der Waals surface area contributed by atoms with E-state index in [2.05, 4.69) is 10.6 Å². The smallest absolute Gasteiger partial charge is 0.258 e. The molecule has 0 aromatic heterocycles. The van der Waals surface area contributed by atoms with Gasteiger partial charge in [0.15, 0.2) is 0 Å². The average Bonchev–Trinajstić information content (AvgIpc) is 2.15. The number of nitrogens with one attached hydrogen (secondary N) is 2. The van der Waals surface area contributed by atoms with Gasteiger partial charge in [0.05, 0.1) is 0 Å². The Morgan fingerprint density at radius 2 is 1.58 bits per heavy atom. The summed E-state index contributed by atoms with van der Waals surface area (Å²) in [6, 6.07) is 0. The van der Waals surface area contributed by atoms with Crippen LogP contribution in [0, 0.1) is 0 Å². The van der Waals surface area contributed by atoms with Crippen LogP contribution >= 0.6 is 8.18 Å².